The van der Waals surface area contributed by atoms with Crippen molar-refractivity contribution in [3.8, 4) is 0 Å². The molecule has 1 aliphatic heterocycles. The van der Waals surface area contributed by atoms with E-state index in [-0.39, 0.29) is 12.0 Å². The lowest BCUT2D eigenvalue weighted by Crippen LogP contribution is -2.34. The standard InChI is InChI=1S/C14H20N2O3/c1-10(19-13-5-7-18-8-6-13)14(17)16-12-4-2-3-11(15)9-12/h2-4,9-10,13H,5-8,15H2,1H3,(H,16,17). The highest BCUT2D eigenvalue weighted by Crippen LogP contribution is 2.15. The van der Waals surface area contributed by atoms with Gasteiger partial charge in [-0.3, -0.25) is 4.79 Å². The van der Waals surface area contributed by atoms with Crippen LogP contribution in [0.15, 0.2) is 24.3 Å². The summed E-state index contributed by atoms with van der Waals surface area (Å²) in [6, 6.07) is 7.10. The van der Waals surface area contributed by atoms with Gasteiger partial charge in [-0.1, -0.05) is 6.07 Å². The fourth-order valence-corrected chi connectivity index (χ4v) is 2.02. The zero-order chi connectivity index (χ0) is 13.7. The normalized spacial score (nSPS) is 17.9. The van der Waals surface area contributed by atoms with Gasteiger partial charge in [0.2, 0.25) is 0 Å². The lowest BCUT2D eigenvalue weighted by atomic mass is 10.1. The number of nitrogen functional groups attached to an aromatic ring is 1. The fraction of sp³-hybridized carbons (Fsp3) is 0.500. The molecule has 0 bridgehead atoms. The predicted octanol–water partition coefficient (Wildman–Crippen LogP) is 1.79. The lowest BCUT2D eigenvalue weighted by molar-refractivity contribution is -0.133. The molecule has 1 amide bonds. The third kappa shape index (κ3) is 4.22. The molecular formula is C14H20N2O3. The van der Waals surface area contributed by atoms with Crippen LogP contribution in [-0.4, -0.2) is 31.3 Å². The Morgan fingerprint density at radius 2 is 2.21 bits per heavy atom. The van der Waals surface area contributed by atoms with E-state index in [1.165, 1.54) is 0 Å². The summed E-state index contributed by atoms with van der Waals surface area (Å²) in [6.07, 6.45) is 1.31. The van der Waals surface area contributed by atoms with Crippen LogP contribution in [0, 0.1) is 0 Å². The topological polar surface area (TPSA) is 73.6 Å². The smallest absolute Gasteiger partial charge is 0.253 e. The molecule has 1 fully saturated rings. The Morgan fingerprint density at radius 1 is 1.47 bits per heavy atom. The third-order valence-electron chi connectivity index (χ3n) is 3.09. The molecule has 0 aromatic heterocycles. The summed E-state index contributed by atoms with van der Waals surface area (Å²) in [5.74, 6) is -0.155. The minimum atomic E-state index is -0.482. The quantitative estimate of drug-likeness (QED) is 0.813. The van der Waals surface area contributed by atoms with Crippen LogP contribution in [0.1, 0.15) is 19.8 Å². The number of carbonyl (C=O) groups excluding carboxylic acids is 1. The first-order valence-electron chi connectivity index (χ1n) is 6.55. The van der Waals surface area contributed by atoms with Crippen molar-refractivity contribution in [1.29, 1.82) is 0 Å². The first-order chi connectivity index (χ1) is 9.15. The van der Waals surface area contributed by atoms with Gasteiger partial charge in [-0.25, -0.2) is 0 Å². The molecule has 0 radical (unpaired) electrons. The molecule has 5 nitrogen and oxygen atoms in total. The zero-order valence-corrected chi connectivity index (χ0v) is 11.1. The highest BCUT2D eigenvalue weighted by Gasteiger charge is 2.21. The van der Waals surface area contributed by atoms with Gasteiger partial charge < -0.3 is 20.5 Å². The first kappa shape index (κ1) is 13.8. The lowest BCUT2D eigenvalue weighted by Gasteiger charge is -2.25. The molecule has 3 N–H and O–H groups in total. The maximum atomic E-state index is 12.0. The molecular weight excluding hydrogens is 244 g/mol. The number of amides is 1. The van der Waals surface area contributed by atoms with E-state index in [1.807, 2.05) is 0 Å². The molecule has 1 heterocycles. The number of nitrogens with two attached hydrogens (primary N) is 1. The molecule has 19 heavy (non-hydrogen) atoms. The summed E-state index contributed by atoms with van der Waals surface area (Å²) in [5, 5.41) is 2.80. The average molecular weight is 264 g/mol. The van der Waals surface area contributed by atoms with Crippen molar-refractivity contribution in [3.63, 3.8) is 0 Å². The maximum Gasteiger partial charge on any atom is 0.253 e. The molecule has 0 aliphatic carbocycles. The molecule has 1 aliphatic rings. The molecule has 0 saturated carbocycles. The van der Waals surface area contributed by atoms with Crippen LogP contribution in [0.25, 0.3) is 0 Å². The largest absolute Gasteiger partial charge is 0.399 e. The Labute approximate surface area is 113 Å². The van der Waals surface area contributed by atoms with Gasteiger partial charge in [-0.15, -0.1) is 0 Å². The third-order valence-corrected chi connectivity index (χ3v) is 3.09. The van der Waals surface area contributed by atoms with E-state index in [4.69, 9.17) is 15.2 Å². The van der Waals surface area contributed by atoms with E-state index in [0.29, 0.717) is 24.6 Å². The van der Waals surface area contributed by atoms with Crippen LogP contribution >= 0.6 is 0 Å². The van der Waals surface area contributed by atoms with Gasteiger partial charge in [0.25, 0.3) is 5.91 Å². The molecule has 5 heteroatoms. The molecule has 1 saturated heterocycles. The second kappa shape index (κ2) is 6.54. The van der Waals surface area contributed by atoms with Crippen molar-refractivity contribution < 1.29 is 14.3 Å². The number of hydrogen-bond donors (Lipinski definition) is 2. The van der Waals surface area contributed by atoms with Gasteiger partial charge in [0, 0.05) is 24.6 Å². The van der Waals surface area contributed by atoms with E-state index in [1.54, 1.807) is 31.2 Å². The second-order valence-electron chi connectivity index (χ2n) is 4.70. The monoisotopic (exact) mass is 264 g/mol. The number of rotatable bonds is 4. The summed E-state index contributed by atoms with van der Waals surface area (Å²) in [6.45, 7) is 3.17. The van der Waals surface area contributed by atoms with Gasteiger partial charge in [-0.05, 0) is 38.0 Å². The number of hydrogen-bond acceptors (Lipinski definition) is 4. The van der Waals surface area contributed by atoms with Crippen molar-refractivity contribution in [1.82, 2.24) is 0 Å². The van der Waals surface area contributed by atoms with Crippen LogP contribution in [0.2, 0.25) is 0 Å². The zero-order valence-electron chi connectivity index (χ0n) is 11.1. The highest BCUT2D eigenvalue weighted by atomic mass is 16.5. The summed E-state index contributed by atoms with van der Waals surface area (Å²) >= 11 is 0. The number of anilines is 2. The van der Waals surface area contributed by atoms with Crippen LogP contribution in [-0.2, 0) is 14.3 Å². The summed E-state index contributed by atoms with van der Waals surface area (Å²) in [5.41, 5.74) is 6.97. The maximum absolute atomic E-state index is 12.0. The second-order valence-corrected chi connectivity index (χ2v) is 4.70. The van der Waals surface area contributed by atoms with E-state index in [0.717, 1.165) is 12.8 Å². The molecule has 1 aromatic carbocycles. The van der Waals surface area contributed by atoms with Gasteiger partial charge in [0.1, 0.15) is 6.10 Å². The Morgan fingerprint density at radius 3 is 2.89 bits per heavy atom. The van der Waals surface area contributed by atoms with Gasteiger partial charge in [-0.2, -0.15) is 0 Å². The fourth-order valence-electron chi connectivity index (χ4n) is 2.02. The molecule has 104 valence electrons. The van der Waals surface area contributed by atoms with Gasteiger partial charge in [0.15, 0.2) is 0 Å². The first-order valence-corrected chi connectivity index (χ1v) is 6.55. The van der Waals surface area contributed by atoms with E-state index < -0.39 is 6.10 Å². The number of nitrogens with one attached hydrogen (secondary N) is 1. The number of benzene rings is 1. The van der Waals surface area contributed by atoms with Crippen molar-refractivity contribution in [3.05, 3.63) is 24.3 Å². The summed E-state index contributed by atoms with van der Waals surface area (Å²) in [4.78, 5) is 12.0. The Balaban J connectivity index is 1.84. The predicted molar refractivity (Wildman–Crippen MR) is 73.9 cm³/mol. The van der Waals surface area contributed by atoms with Crippen molar-refractivity contribution in [2.75, 3.05) is 24.3 Å². The number of carbonyl (C=O) groups is 1. The Bertz CT molecular complexity index is 430. The molecule has 0 spiro atoms. The van der Waals surface area contributed by atoms with Crippen molar-refractivity contribution >= 4 is 17.3 Å². The highest BCUT2D eigenvalue weighted by molar-refractivity contribution is 5.94. The Kier molecular flexibility index (Phi) is 4.76. The van der Waals surface area contributed by atoms with Gasteiger partial charge in [0.05, 0.1) is 6.10 Å². The van der Waals surface area contributed by atoms with E-state index in [2.05, 4.69) is 5.32 Å². The molecule has 1 atom stereocenters. The van der Waals surface area contributed by atoms with Crippen LogP contribution < -0.4 is 11.1 Å². The van der Waals surface area contributed by atoms with E-state index >= 15 is 0 Å². The van der Waals surface area contributed by atoms with Gasteiger partial charge >= 0.3 is 0 Å². The van der Waals surface area contributed by atoms with Crippen LogP contribution in [0.3, 0.4) is 0 Å². The van der Waals surface area contributed by atoms with Crippen LogP contribution in [0.5, 0.6) is 0 Å². The minimum absolute atomic E-state index is 0.107. The molecule has 1 aromatic rings. The Hall–Kier alpha value is -1.59. The van der Waals surface area contributed by atoms with Crippen LogP contribution in [0.4, 0.5) is 11.4 Å². The summed E-state index contributed by atoms with van der Waals surface area (Å²) < 4.78 is 11.0. The average Bonchev–Trinajstić information content (AvgIpc) is 2.40. The molecule has 1 unspecified atom stereocenters. The number of ether oxygens (including phenoxy) is 2. The minimum Gasteiger partial charge on any atom is -0.399 e. The van der Waals surface area contributed by atoms with Crippen molar-refractivity contribution in [2.45, 2.75) is 32.0 Å². The summed E-state index contributed by atoms with van der Waals surface area (Å²) in [7, 11) is 0. The SMILES string of the molecule is CC(OC1CCOCC1)C(=O)Nc1cccc(N)c1. The van der Waals surface area contributed by atoms with Crippen molar-refractivity contribution in [2.24, 2.45) is 0 Å². The molecule has 2 rings (SSSR count). The van der Waals surface area contributed by atoms with E-state index in [9.17, 15) is 4.79 Å².